The molecule has 2 aliphatic rings. The van der Waals surface area contributed by atoms with Crippen molar-refractivity contribution in [2.45, 2.75) is 44.4 Å². The van der Waals surface area contributed by atoms with Gasteiger partial charge >= 0.3 is 0 Å². The summed E-state index contributed by atoms with van der Waals surface area (Å²) in [5.41, 5.74) is 2.13. The lowest BCUT2D eigenvalue weighted by Crippen LogP contribution is -2.53. The van der Waals surface area contributed by atoms with Crippen LogP contribution in [-0.2, 0) is 20.4 Å². The molecule has 1 saturated heterocycles. The maximum absolute atomic E-state index is 13.1. The molecule has 1 aromatic rings. The molecule has 1 aliphatic heterocycles. The Labute approximate surface area is 149 Å². The molecule has 1 heterocycles. The third kappa shape index (κ3) is 3.43. The number of piperazine rings is 1. The highest BCUT2D eigenvalue weighted by atomic mass is 16.3. The third-order valence-corrected chi connectivity index (χ3v) is 5.52. The highest BCUT2D eigenvalue weighted by Gasteiger charge is 2.53. The average molecular weight is 344 g/mol. The molecule has 5 heteroatoms. The molecule has 0 radical (unpaired) electrons. The van der Waals surface area contributed by atoms with Crippen molar-refractivity contribution < 1.29 is 14.7 Å². The van der Waals surface area contributed by atoms with Gasteiger partial charge in [-0.25, -0.2) is 0 Å². The van der Waals surface area contributed by atoms with E-state index in [1.54, 1.807) is 4.90 Å². The van der Waals surface area contributed by atoms with Crippen molar-refractivity contribution in [1.29, 1.82) is 0 Å². The van der Waals surface area contributed by atoms with E-state index in [2.05, 4.69) is 45.0 Å². The number of aliphatic hydroxyl groups is 1. The van der Waals surface area contributed by atoms with E-state index >= 15 is 0 Å². The molecule has 25 heavy (non-hydrogen) atoms. The first kappa shape index (κ1) is 17.9. The van der Waals surface area contributed by atoms with Gasteiger partial charge in [-0.15, -0.1) is 0 Å². The van der Waals surface area contributed by atoms with Crippen LogP contribution in [0.15, 0.2) is 24.3 Å². The van der Waals surface area contributed by atoms with E-state index in [9.17, 15) is 9.59 Å². The Balaban J connectivity index is 1.69. The summed E-state index contributed by atoms with van der Waals surface area (Å²) >= 11 is 0. The van der Waals surface area contributed by atoms with Crippen molar-refractivity contribution in [3.05, 3.63) is 35.4 Å². The number of rotatable bonds is 3. The van der Waals surface area contributed by atoms with Crippen LogP contribution >= 0.6 is 0 Å². The van der Waals surface area contributed by atoms with E-state index in [1.165, 1.54) is 5.56 Å². The van der Waals surface area contributed by atoms with Gasteiger partial charge in [0.15, 0.2) is 0 Å². The molecule has 5 nitrogen and oxygen atoms in total. The first-order valence-corrected chi connectivity index (χ1v) is 9.07. The minimum Gasteiger partial charge on any atom is -0.387 e. The number of nitrogens with zero attached hydrogens (tertiary/aromatic N) is 2. The monoisotopic (exact) mass is 344 g/mol. The van der Waals surface area contributed by atoms with Gasteiger partial charge in [0.2, 0.25) is 11.8 Å². The molecule has 136 valence electrons. The maximum atomic E-state index is 13.1. The lowest BCUT2D eigenvalue weighted by molar-refractivity contribution is -0.142. The SMILES string of the molecule is CC(C)(C)c1ccc(C2(C(=O)N3CCN(C(=O)CO)CC3)CC2)cc1. The van der Waals surface area contributed by atoms with Crippen LogP contribution in [-0.4, -0.2) is 59.5 Å². The average Bonchev–Trinajstić information content (AvgIpc) is 3.42. The largest absolute Gasteiger partial charge is 0.387 e. The summed E-state index contributed by atoms with van der Waals surface area (Å²) in [5, 5.41) is 8.96. The minimum atomic E-state index is -0.460. The van der Waals surface area contributed by atoms with E-state index in [0.717, 1.165) is 18.4 Å². The van der Waals surface area contributed by atoms with Crippen LogP contribution in [0, 0.1) is 0 Å². The van der Waals surface area contributed by atoms with Crippen LogP contribution < -0.4 is 0 Å². The minimum absolute atomic E-state index is 0.106. The summed E-state index contributed by atoms with van der Waals surface area (Å²) in [6.45, 7) is 8.21. The number of aliphatic hydroxyl groups excluding tert-OH is 1. The van der Waals surface area contributed by atoms with E-state index in [4.69, 9.17) is 5.11 Å². The zero-order chi connectivity index (χ0) is 18.2. The lowest BCUT2D eigenvalue weighted by Gasteiger charge is -2.36. The predicted octanol–water partition coefficient (Wildman–Crippen LogP) is 1.68. The number of benzene rings is 1. The Morgan fingerprint density at radius 1 is 1.00 bits per heavy atom. The Morgan fingerprint density at radius 3 is 1.96 bits per heavy atom. The van der Waals surface area contributed by atoms with Gasteiger partial charge in [0.25, 0.3) is 0 Å². The van der Waals surface area contributed by atoms with Crippen molar-refractivity contribution in [2.75, 3.05) is 32.8 Å². The van der Waals surface area contributed by atoms with Crippen LogP contribution in [0.2, 0.25) is 0 Å². The summed E-state index contributed by atoms with van der Waals surface area (Å²) in [6.07, 6.45) is 1.80. The zero-order valence-electron chi connectivity index (χ0n) is 15.4. The molecule has 0 atom stereocenters. The first-order valence-electron chi connectivity index (χ1n) is 9.07. The highest BCUT2D eigenvalue weighted by molar-refractivity contribution is 5.91. The Kier molecular flexibility index (Phi) is 4.62. The fourth-order valence-electron chi connectivity index (χ4n) is 3.60. The molecule has 1 saturated carbocycles. The number of carbonyl (C=O) groups is 2. The Hall–Kier alpha value is -1.88. The molecular weight excluding hydrogens is 316 g/mol. The first-order chi connectivity index (χ1) is 11.8. The van der Waals surface area contributed by atoms with Crippen LogP contribution in [0.25, 0.3) is 0 Å². The predicted molar refractivity (Wildman–Crippen MR) is 96.3 cm³/mol. The van der Waals surface area contributed by atoms with Gasteiger partial charge in [0.1, 0.15) is 6.61 Å². The van der Waals surface area contributed by atoms with Crippen molar-refractivity contribution in [3.63, 3.8) is 0 Å². The third-order valence-electron chi connectivity index (χ3n) is 5.52. The summed E-state index contributed by atoms with van der Waals surface area (Å²) in [4.78, 5) is 28.2. The summed E-state index contributed by atoms with van der Waals surface area (Å²) in [7, 11) is 0. The molecule has 1 aliphatic carbocycles. The molecule has 2 amide bonds. The fraction of sp³-hybridized carbons (Fsp3) is 0.600. The molecule has 3 rings (SSSR count). The van der Waals surface area contributed by atoms with Crippen LogP contribution in [0.5, 0.6) is 0 Å². The van der Waals surface area contributed by atoms with E-state index in [-0.39, 0.29) is 22.6 Å². The van der Waals surface area contributed by atoms with Crippen LogP contribution in [0.3, 0.4) is 0 Å². The van der Waals surface area contributed by atoms with Crippen LogP contribution in [0.4, 0.5) is 0 Å². The van der Waals surface area contributed by atoms with Crippen molar-refractivity contribution in [1.82, 2.24) is 9.80 Å². The van der Waals surface area contributed by atoms with E-state index < -0.39 is 6.61 Å². The standard InChI is InChI=1S/C20H28N2O3/c1-19(2,3)15-4-6-16(7-5-15)20(8-9-20)18(25)22-12-10-21(11-13-22)17(24)14-23/h4-7,23H,8-14H2,1-3H3. The van der Waals surface area contributed by atoms with Gasteiger partial charge < -0.3 is 14.9 Å². The summed E-state index contributed by atoms with van der Waals surface area (Å²) in [5.74, 6) is -0.0712. The van der Waals surface area contributed by atoms with Gasteiger partial charge in [0.05, 0.1) is 5.41 Å². The number of hydrogen-bond donors (Lipinski definition) is 1. The van der Waals surface area contributed by atoms with Gasteiger partial charge in [0, 0.05) is 26.2 Å². The van der Waals surface area contributed by atoms with Gasteiger partial charge in [-0.05, 0) is 29.4 Å². The quantitative estimate of drug-likeness (QED) is 0.907. The van der Waals surface area contributed by atoms with Gasteiger partial charge in [-0.1, -0.05) is 45.0 Å². The van der Waals surface area contributed by atoms with E-state index in [0.29, 0.717) is 26.2 Å². The zero-order valence-corrected chi connectivity index (χ0v) is 15.4. The molecule has 0 spiro atoms. The second-order valence-electron chi connectivity index (χ2n) is 8.24. The normalized spacial score (nSPS) is 19.7. The second-order valence-corrected chi connectivity index (χ2v) is 8.24. The molecule has 1 aromatic carbocycles. The number of hydrogen-bond acceptors (Lipinski definition) is 3. The lowest BCUT2D eigenvalue weighted by atomic mass is 9.84. The van der Waals surface area contributed by atoms with Gasteiger partial charge in [-0.3, -0.25) is 9.59 Å². The Bertz CT molecular complexity index is 649. The molecular formula is C20H28N2O3. The van der Waals surface area contributed by atoms with Crippen molar-refractivity contribution in [3.8, 4) is 0 Å². The van der Waals surface area contributed by atoms with Crippen molar-refractivity contribution >= 4 is 11.8 Å². The molecule has 0 bridgehead atoms. The van der Waals surface area contributed by atoms with Crippen LogP contribution in [0.1, 0.15) is 44.7 Å². The van der Waals surface area contributed by atoms with Crippen molar-refractivity contribution in [2.24, 2.45) is 0 Å². The number of amides is 2. The van der Waals surface area contributed by atoms with E-state index in [1.807, 2.05) is 4.90 Å². The smallest absolute Gasteiger partial charge is 0.248 e. The second kappa shape index (κ2) is 6.45. The molecule has 0 unspecified atom stereocenters. The molecule has 0 aromatic heterocycles. The summed E-state index contributed by atoms with van der Waals surface area (Å²) in [6, 6.07) is 8.50. The molecule has 1 N–H and O–H groups in total. The molecule has 2 fully saturated rings. The Morgan fingerprint density at radius 2 is 1.52 bits per heavy atom. The number of carbonyl (C=O) groups excluding carboxylic acids is 2. The van der Waals surface area contributed by atoms with Gasteiger partial charge in [-0.2, -0.15) is 0 Å². The fourth-order valence-corrected chi connectivity index (χ4v) is 3.60. The highest BCUT2D eigenvalue weighted by Crippen LogP contribution is 2.50. The maximum Gasteiger partial charge on any atom is 0.248 e. The topological polar surface area (TPSA) is 60.9 Å². The summed E-state index contributed by atoms with van der Waals surface area (Å²) < 4.78 is 0.